The molecule has 216 valence electrons. The van der Waals surface area contributed by atoms with Crippen molar-refractivity contribution in [1.29, 1.82) is 0 Å². The highest BCUT2D eigenvalue weighted by Crippen LogP contribution is 2.39. The van der Waals surface area contributed by atoms with Gasteiger partial charge in [-0.25, -0.2) is 9.78 Å². The molecule has 5 rings (SSSR count). The summed E-state index contributed by atoms with van der Waals surface area (Å²) in [6, 6.07) is 12.6. The molecule has 3 heterocycles. The summed E-state index contributed by atoms with van der Waals surface area (Å²) in [5, 5.41) is 3.29. The number of imidazole rings is 1. The molecule has 4 aromatic rings. The predicted molar refractivity (Wildman–Crippen MR) is 167 cm³/mol. The van der Waals surface area contributed by atoms with Gasteiger partial charge >= 0.3 is 5.69 Å². The van der Waals surface area contributed by atoms with Crippen molar-refractivity contribution in [3.05, 3.63) is 74.7 Å². The van der Waals surface area contributed by atoms with Crippen molar-refractivity contribution in [3.8, 4) is 11.4 Å². The number of benzene rings is 1. The third-order valence-corrected chi connectivity index (χ3v) is 14.3. The summed E-state index contributed by atoms with van der Waals surface area (Å²) < 4.78 is 2.93. The second-order valence-electron chi connectivity index (χ2n) is 12.8. The minimum absolute atomic E-state index is 0.0350. The van der Waals surface area contributed by atoms with Gasteiger partial charge in [-0.2, -0.15) is 0 Å². The molecule has 0 aliphatic heterocycles. The fraction of sp³-hybridized carbons (Fsp3) is 0.452. The number of anilines is 1. The van der Waals surface area contributed by atoms with Crippen LogP contribution in [0.4, 0.5) is 5.69 Å². The maximum absolute atomic E-state index is 13.1. The van der Waals surface area contributed by atoms with Gasteiger partial charge in [0.25, 0.3) is 11.5 Å². The van der Waals surface area contributed by atoms with E-state index in [0.29, 0.717) is 34.1 Å². The summed E-state index contributed by atoms with van der Waals surface area (Å²) in [6.45, 7) is 14.4. The molecule has 0 saturated heterocycles. The average Bonchev–Trinajstić information content (AvgIpc) is 3.66. The Morgan fingerprint density at radius 1 is 1.10 bits per heavy atom. The lowest BCUT2D eigenvalue weighted by molar-refractivity contribution is 0.102. The smallest absolute Gasteiger partial charge is 0.332 e. The number of fused-ring (bicyclic) bond motifs is 1. The maximum Gasteiger partial charge on any atom is 0.333 e. The molecule has 1 aliphatic rings. The SMILES string of the molecule is CCCn1c(=O)n(C2CC2)c(=O)c2[nH]c(-c3ccc(C(=O)Nc4ccc(CC[Si](C)(C)C(C)(C)C)cc4)nc3)nc21. The minimum Gasteiger partial charge on any atom is -0.332 e. The summed E-state index contributed by atoms with van der Waals surface area (Å²) in [6.07, 6.45) is 5.01. The first-order valence-corrected chi connectivity index (χ1v) is 17.7. The molecule has 0 bridgehead atoms. The monoisotopic (exact) mass is 572 g/mol. The molecule has 0 spiro atoms. The maximum atomic E-state index is 13.1. The van der Waals surface area contributed by atoms with Gasteiger partial charge in [-0.05, 0) is 60.6 Å². The van der Waals surface area contributed by atoms with Crippen LogP contribution in [0, 0.1) is 0 Å². The van der Waals surface area contributed by atoms with Crippen molar-refractivity contribution < 1.29 is 4.79 Å². The van der Waals surface area contributed by atoms with Gasteiger partial charge in [-0.3, -0.25) is 23.7 Å². The lowest BCUT2D eigenvalue weighted by Gasteiger charge is -2.37. The molecule has 1 fully saturated rings. The van der Waals surface area contributed by atoms with E-state index in [-0.39, 0.29) is 28.9 Å². The third-order valence-electron chi connectivity index (χ3n) is 8.72. The fourth-order valence-electron chi connectivity index (χ4n) is 4.80. The van der Waals surface area contributed by atoms with Gasteiger partial charge in [0.05, 0.1) is 8.07 Å². The summed E-state index contributed by atoms with van der Waals surface area (Å²) in [7, 11) is -1.34. The fourth-order valence-corrected chi connectivity index (χ4v) is 6.47. The molecule has 0 radical (unpaired) electrons. The van der Waals surface area contributed by atoms with Crippen LogP contribution in [0.15, 0.2) is 52.2 Å². The average molecular weight is 573 g/mol. The Hall–Kier alpha value is -3.79. The van der Waals surface area contributed by atoms with Gasteiger partial charge < -0.3 is 10.3 Å². The van der Waals surface area contributed by atoms with Crippen LogP contribution in [0.2, 0.25) is 24.2 Å². The van der Waals surface area contributed by atoms with E-state index in [0.717, 1.165) is 31.4 Å². The van der Waals surface area contributed by atoms with E-state index in [4.69, 9.17) is 0 Å². The number of hydrogen-bond donors (Lipinski definition) is 2. The Kier molecular flexibility index (Phi) is 7.63. The van der Waals surface area contributed by atoms with Gasteiger partial charge in [0.2, 0.25) is 0 Å². The van der Waals surface area contributed by atoms with Crippen LogP contribution in [-0.2, 0) is 13.0 Å². The standard InChI is InChI=1S/C31H40N6O3Si/c1-7-17-36-27-25(29(39)37(30(36)40)23-13-14-23)34-26(35-27)21-10-15-24(32-19-21)28(38)33-22-11-8-20(9-12-22)16-18-41(5,6)31(2,3)4/h8-12,15,19,23H,7,13-14,16-18H2,1-6H3,(H,33,38)(H,34,35). The number of rotatable bonds is 9. The van der Waals surface area contributed by atoms with Crippen molar-refractivity contribution >= 4 is 30.8 Å². The Labute approximate surface area is 241 Å². The summed E-state index contributed by atoms with van der Waals surface area (Å²) in [5.74, 6) is 0.127. The van der Waals surface area contributed by atoms with Gasteiger partial charge in [0.1, 0.15) is 17.0 Å². The first kappa shape index (κ1) is 28.7. The number of hydrogen-bond acceptors (Lipinski definition) is 5. The number of carbonyl (C=O) groups is 1. The van der Waals surface area contributed by atoms with Crippen LogP contribution >= 0.6 is 0 Å². The van der Waals surface area contributed by atoms with Crippen LogP contribution in [0.1, 0.15) is 69.1 Å². The number of pyridine rings is 1. The predicted octanol–water partition coefficient (Wildman–Crippen LogP) is 6.00. The number of aromatic nitrogens is 5. The molecule has 1 aromatic carbocycles. The van der Waals surface area contributed by atoms with E-state index in [1.807, 2.05) is 19.1 Å². The number of aromatic amines is 1. The highest BCUT2D eigenvalue weighted by Gasteiger charge is 2.34. The molecular formula is C31H40N6O3Si. The number of carbonyl (C=O) groups excluding carboxylic acids is 1. The largest absolute Gasteiger partial charge is 0.333 e. The summed E-state index contributed by atoms with van der Waals surface area (Å²) in [5.41, 5.74) is 2.90. The third kappa shape index (κ3) is 5.84. The van der Waals surface area contributed by atoms with Crippen LogP contribution in [0.3, 0.4) is 0 Å². The molecule has 0 unspecified atom stereocenters. The van der Waals surface area contributed by atoms with Gasteiger partial charge in [-0.1, -0.05) is 59.0 Å². The van der Waals surface area contributed by atoms with Crippen LogP contribution in [-0.4, -0.2) is 38.1 Å². The Morgan fingerprint density at radius 3 is 2.39 bits per heavy atom. The molecule has 0 atom stereocenters. The van der Waals surface area contributed by atoms with Crippen molar-refractivity contribution in [3.63, 3.8) is 0 Å². The zero-order valence-corrected chi connectivity index (χ0v) is 25.9. The number of nitrogens with one attached hydrogen (secondary N) is 2. The molecule has 41 heavy (non-hydrogen) atoms. The van der Waals surface area contributed by atoms with Gasteiger partial charge in [0, 0.05) is 30.0 Å². The van der Waals surface area contributed by atoms with E-state index in [2.05, 4.69) is 66.3 Å². The Morgan fingerprint density at radius 2 is 1.80 bits per heavy atom. The molecule has 10 heteroatoms. The van der Waals surface area contributed by atoms with Crippen LogP contribution in [0.5, 0.6) is 0 Å². The minimum atomic E-state index is -1.34. The molecule has 1 saturated carbocycles. The van der Waals surface area contributed by atoms with Crippen LogP contribution < -0.4 is 16.6 Å². The topological polar surface area (TPSA) is 115 Å². The second kappa shape index (κ2) is 10.9. The molecular weight excluding hydrogens is 532 g/mol. The zero-order chi connectivity index (χ0) is 29.5. The lowest BCUT2D eigenvalue weighted by Crippen LogP contribution is -2.39. The molecule has 1 aliphatic carbocycles. The van der Waals surface area contributed by atoms with Gasteiger partial charge in [0.15, 0.2) is 5.65 Å². The van der Waals surface area contributed by atoms with Crippen molar-refractivity contribution in [2.45, 2.75) is 90.1 Å². The highest BCUT2D eigenvalue weighted by atomic mass is 28.3. The quantitative estimate of drug-likeness (QED) is 0.239. The van der Waals surface area contributed by atoms with Crippen molar-refractivity contribution in [2.24, 2.45) is 0 Å². The molecule has 1 amide bonds. The summed E-state index contributed by atoms with van der Waals surface area (Å²) in [4.78, 5) is 51.1. The van der Waals surface area contributed by atoms with E-state index in [1.54, 1.807) is 22.9 Å². The second-order valence-corrected chi connectivity index (χ2v) is 18.6. The van der Waals surface area contributed by atoms with Crippen molar-refractivity contribution in [1.82, 2.24) is 24.1 Å². The number of amides is 1. The van der Waals surface area contributed by atoms with E-state index in [9.17, 15) is 14.4 Å². The van der Waals surface area contributed by atoms with Crippen LogP contribution in [0.25, 0.3) is 22.6 Å². The zero-order valence-electron chi connectivity index (χ0n) is 24.9. The number of aryl methyl sites for hydroxylation is 2. The molecule has 9 nitrogen and oxygen atoms in total. The van der Waals surface area contributed by atoms with Gasteiger partial charge in [-0.15, -0.1) is 0 Å². The molecule has 3 aromatic heterocycles. The lowest BCUT2D eigenvalue weighted by atomic mass is 10.1. The first-order valence-electron chi connectivity index (χ1n) is 14.5. The first-order chi connectivity index (χ1) is 19.4. The number of nitrogens with zero attached hydrogens (tertiary/aromatic N) is 4. The Balaban J connectivity index is 1.30. The van der Waals surface area contributed by atoms with E-state index in [1.165, 1.54) is 16.2 Å². The van der Waals surface area contributed by atoms with Crippen molar-refractivity contribution in [2.75, 3.05) is 5.32 Å². The highest BCUT2D eigenvalue weighted by molar-refractivity contribution is 6.80. The number of H-pyrrole nitrogens is 1. The molecule has 2 N–H and O–H groups in total. The van der Waals surface area contributed by atoms with E-state index < -0.39 is 8.07 Å². The van der Waals surface area contributed by atoms with E-state index >= 15 is 0 Å². The summed E-state index contributed by atoms with van der Waals surface area (Å²) >= 11 is 0. The normalized spacial score (nSPS) is 14.0. The Bertz CT molecular complexity index is 1690.